The first-order valence-corrected chi connectivity index (χ1v) is 9.57. The van der Waals surface area contributed by atoms with Crippen LogP contribution in [-0.4, -0.2) is 14.3 Å². The Morgan fingerprint density at radius 3 is 2.07 bits per heavy atom. The Kier molecular flexibility index (Phi) is 4.33. The van der Waals surface area contributed by atoms with E-state index in [0.717, 1.165) is 39.2 Å². The first kappa shape index (κ1) is 17.8. The Morgan fingerprint density at radius 1 is 0.700 bits per heavy atom. The van der Waals surface area contributed by atoms with Crippen molar-refractivity contribution in [2.75, 3.05) is 0 Å². The number of nitro benzene ring substituents is 1. The number of non-ortho nitro benzene ring substituents is 1. The van der Waals surface area contributed by atoms with Crippen molar-refractivity contribution in [3.63, 3.8) is 0 Å². The maximum atomic E-state index is 11.3. The fourth-order valence-corrected chi connectivity index (χ4v) is 3.63. The lowest BCUT2D eigenvalue weighted by Gasteiger charge is -2.09. The van der Waals surface area contributed by atoms with Crippen molar-refractivity contribution in [3.05, 3.63) is 114 Å². The lowest BCUT2D eigenvalue weighted by Crippen LogP contribution is -1.92. The molecule has 0 radical (unpaired) electrons. The Bertz CT molecular complexity index is 1360. The van der Waals surface area contributed by atoms with Gasteiger partial charge in [-0.3, -0.25) is 10.1 Å². The quantitative estimate of drug-likeness (QED) is 0.269. The molecule has 0 amide bonds. The van der Waals surface area contributed by atoms with Crippen molar-refractivity contribution in [1.29, 1.82) is 0 Å². The molecule has 144 valence electrons. The number of imidazole rings is 1. The molecule has 5 nitrogen and oxygen atoms in total. The third kappa shape index (κ3) is 3.22. The van der Waals surface area contributed by atoms with E-state index in [-0.39, 0.29) is 10.6 Å². The molecule has 0 aliphatic heterocycles. The van der Waals surface area contributed by atoms with Crippen LogP contribution in [0.3, 0.4) is 0 Å². The summed E-state index contributed by atoms with van der Waals surface area (Å²) in [5, 5.41) is 11.3. The molecule has 2 heterocycles. The molecule has 0 aliphatic rings. The van der Waals surface area contributed by atoms with Gasteiger partial charge in [-0.25, -0.2) is 4.98 Å². The van der Waals surface area contributed by atoms with Crippen molar-refractivity contribution in [1.82, 2.24) is 9.38 Å². The number of aromatic nitrogens is 2. The molecule has 0 atom stereocenters. The molecule has 5 heteroatoms. The third-order valence-electron chi connectivity index (χ3n) is 5.10. The van der Waals surface area contributed by atoms with Crippen LogP contribution < -0.4 is 0 Å². The minimum absolute atomic E-state index is 0.0607. The number of fused-ring (bicyclic) bond motifs is 1. The summed E-state index contributed by atoms with van der Waals surface area (Å²) < 4.78 is 2.00. The smallest absolute Gasteiger partial charge is 0.270 e. The van der Waals surface area contributed by atoms with Crippen LogP contribution in [-0.2, 0) is 0 Å². The van der Waals surface area contributed by atoms with E-state index in [1.165, 1.54) is 6.07 Å². The standard InChI is InChI=1S/C25H17N3O2/c29-28(30)22-13-7-12-20(14-22)23-15-21(18-8-3-1-4-9-18)16-27-17-24(26-25(23)27)19-10-5-2-6-11-19/h1-17H. The average Bonchev–Trinajstić information content (AvgIpc) is 3.24. The summed E-state index contributed by atoms with van der Waals surface area (Å²) in [5.41, 5.74) is 6.39. The largest absolute Gasteiger partial charge is 0.305 e. The summed E-state index contributed by atoms with van der Waals surface area (Å²) in [4.78, 5) is 15.8. The predicted molar refractivity (Wildman–Crippen MR) is 118 cm³/mol. The molecule has 0 spiro atoms. The number of benzene rings is 3. The zero-order chi connectivity index (χ0) is 20.5. The van der Waals surface area contributed by atoms with Gasteiger partial charge in [0.2, 0.25) is 0 Å². The van der Waals surface area contributed by atoms with Crippen LogP contribution in [0.1, 0.15) is 0 Å². The SMILES string of the molecule is O=[N+]([O-])c1cccc(-c2cc(-c3ccccc3)cn3cc(-c4ccccc4)nc23)c1. The molecule has 0 unspecified atom stereocenters. The van der Waals surface area contributed by atoms with Gasteiger partial charge in [0.1, 0.15) is 5.65 Å². The molecule has 0 saturated carbocycles. The zero-order valence-corrected chi connectivity index (χ0v) is 16.0. The monoisotopic (exact) mass is 391 g/mol. The normalized spacial score (nSPS) is 10.9. The van der Waals surface area contributed by atoms with E-state index < -0.39 is 0 Å². The first-order chi connectivity index (χ1) is 14.7. The molecule has 3 aromatic carbocycles. The highest BCUT2D eigenvalue weighted by Gasteiger charge is 2.15. The molecule has 0 aliphatic carbocycles. The highest BCUT2D eigenvalue weighted by atomic mass is 16.6. The van der Waals surface area contributed by atoms with Crippen molar-refractivity contribution < 1.29 is 4.92 Å². The van der Waals surface area contributed by atoms with E-state index in [1.54, 1.807) is 12.1 Å². The van der Waals surface area contributed by atoms with Gasteiger partial charge in [0, 0.05) is 35.7 Å². The fraction of sp³-hybridized carbons (Fsp3) is 0. The van der Waals surface area contributed by atoms with E-state index in [0.29, 0.717) is 0 Å². The van der Waals surface area contributed by atoms with Crippen LogP contribution >= 0.6 is 0 Å². The van der Waals surface area contributed by atoms with Crippen molar-refractivity contribution in [3.8, 4) is 33.5 Å². The molecule has 0 saturated heterocycles. The number of rotatable bonds is 4. The molecule has 30 heavy (non-hydrogen) atoms. The number of pyridine rings is 1. The van der Waals surface area contributed by atoms with Crippen molar-refractivity contribution in [2.45, 2.75) is 0 Å². The second-order valence-electron chi connectivity index (χ2n) is 7.04. The summed E-state index contributed by atoms with van der Waals surface area (Å²) >= 11 is 0. The highest BCUT2D eigenvalue weighted by Crippen LogP contribution is 2.33. The first-order valence-electron chi connectivity index (χ1n) is 9.57. The van der Waals surface area contributed by atoms with E-state index in [9.17, 15) is 10.1 Å². The molecular formula is C25H17N3O2. The van der Waals surface area contributed by atoms with Gasteiger partial charge in [-0.15, -0.1) is 0 Å². The summed E-state index contributed by atoms with van der Waals surface area (Å²) in [6.45, 7) is 0. The molecule has 0 bridgehead atoms. The number of nitro groups is 1. The molecular weight excluding hydrogens is 374 g/mol. The summed E-state index contributed by atoms with van der Waals surface area (Å²) in [7, 11) is 0. The minimum Gasteiger partial charge on any atom is -0.305 e. The average molecular weight is 391 g/mol. The third-order valence-corrected chi connectivity index (χ3v) is 5.10. The predicted octanol–water partition coefficient (Wildman–Crippen LogP) is 6.24. The van der Waals surface area contributed by atoms with Crippen molar-refractivity contribution in [2.24, 2.45) is 0 Å². The summed E-state index contributed by atoms with van der Waals surface area (Å²) in [6, 6.07) is 28.8. The molecule has 5 rings (SSSR count). The second kappa shape index (κ2) is 7.29. The molecule has 0 fully saturated rings. The number of hydrogen-bond acceptors (Lipinski definition) is 3. The van der Waals surface area contributed by atoms with E-state index >= 15 is 0 Å². The van der Waals surface area contributed by atoms with Crippen LogP contribution in [0.2, 0.25) is 0 Å². The number of hydrogen-bond donors (Lipinski definition) is 0. The van der Waals surface area contributed by atoms with E-state index in [4.69, 9.17) is 4.98 Å². The van der Waals surface area contributed by atoms with Crippen LogP contribution in [0, 0.1) is 10.1 Å². The Morgan fingerprint density at radius 2 is 1.37 bits per heavy atom. The minimum atomic E-state index is -0.372. The van der Waals surface area contributed by atoms with Gasteiger partial charge < -0.3 is 4.40 Å². The van der Waals surface area contributed by atoms with Crippen molar-refractivity contribution >= 4 is 11.3 Å². The second-order valence-corrected chi connectivity index (χ2v) is 7.04. The van der Waals surface area contributed by atoms with Gasteiger partial charge in [-0.05, 0) is 22.8 Å². The zero-order valence-electron chi connectivity index (χ0n) is 16.0. The van der Waals surface area contributed by atoms with Crippen LogP contribution in [0.5, 0.6) is 0 Å². The fourth-order valence-electron chi connectivity index (χ4n) is 3.63. The lowest BCUT2D eigenvalue weighted by atomic mass is 10.0. The van der Waals surface area contributed by atoms with Gasteiger partial charge in [0.05, 0.1) is 10.6 Å². The van der Waals surface area contributed by atoms with Gasteiger partial charge in [0.15, 0.2) is 0 Å². The van der Waals surface area contributed by atoms with Gasteiger partial charge in [-0.1, -0.05) is 72.8 Å². The van der Waals surface area contributed by atoms with Crippen LogP contribution in [0.15, 0.2) is 103 Å². The maximum Gasteiger partial charge on any atom is 0.270 e. The number of nitrogens with zero attached hydrogens (tertiary/aromatic N) is 3. The highest BCUT2D eigenvalue weighted by molar-refractivity contribution is 5.84. The van der Waals surface area contributed by atoms with E-state index in [2.05, 4.69) is 0 Å². The van der Waals surface area contributed by atoms with Crippen LogP contribution in [0.25, 0.3) is 39.2 Å². The van der Waals surface area contributed by atoms with Crippen LogP contribution in [0.4, 0.5) is 5.69 Å². The van der Waals surface area contributed by atoms with Gasteiger partial charge >= 0.3 is 0 Å². The summed E-state index contributed by atoms with van der Waals surface area (Å²) in [6.07, 6.45) is 4.04. The Labute approximate surface area is 173 Å². The van der Waals surface area contributed by atoms with Gasteiger partial charge in [-0.2, -0.15) is 0 Å². The van der Waals surface area contributed by atoms with E-state index in [1.807, 2.05) is 89.6 Å². The topological polar surface area (TPSA) is 60.4 Å². The molecule has 5 aromatic rings. The van der Waals surface area contributed by atoms with Gasteiger partial charge in [0.25, 0.3) is 5.69 Å². The molecule has 2 aromatic heterocycles. The summed E-state index contributed by atoms with van der Waals surface area (Å²) in [5.74, 6) is 0. The Hall–Kier alpha value is -4.25. The maximum absolute atomic E-state index is 11.3. The molecule has 0 N–H and O–H groups in total. The lowest BCUT2D eigenvalue weighted by molar-refractivity contribution is -0.384. The Balaban J connectivity index is 1.77.